The van der Waals surface area contributed by atoms with Crippen LogP contribution in [0.1, 0.15) is 59.3 Å². The molecule has 21 heavy (non-hydrogen) atoms. The summed E-state index contributed by atoms with van der Waals surface area (Å²) in [5.41, 5.74) is -0.0664. The lowest BCUT2D eigenvalue weighted by Gasteiger charge is -2.24. The monoisotopic (exact) mass is 322 g/mol. The summed E-state index contributed by atoms with van der Waals surface area (Å²) in [4.78, 5) is 0. The molecule has 1 saturated heterocycles. The SMILES string of the molecule is CCOP(=O)(OCC)C(C)CCCCOC1CCCCO1. The predicted octanol–water partition coefficient (Wildman–Crippen LogP) is 4.35. The van der Waals surface area contributed by atoms with E-state index in [4.69, 9.17) is 18.5 Å². The summed E-state index contributed by atoms with van der Waals surface area (Å²) in [7, 11) is -2.95. The lowest BCUT2D eigenvalue weighted by Crippen LogP contribution is -2.22. The first-order valence-electron chi connectivity index (χ1n) is 8.24. The van der Waals surface area contributed by atoms with Crippen LogP contribution in [0.2, 0.25) is 0 Å². The highest BCUT2D eigenvalue weighted by Crippen LogP contribution is 2.54. The minimum Gasteiger partial charge on any atom is -0.353 e. The molecule has 0 aromatic rings. The van der Waals surface area contributed by atoms with E-state index in [0.29, 0.717) is 19.8 Å². The van der Waals surface area contributed by atoms with Crippen molar-refractivity contribution in [2.24, 2.45) is 0 Å². The zero-order chi connectivity index (χ0) is 15.6. The number of unbranched alkanes of at least 4 members (excludes halogenated alkanes) is 1. The topological polar surface area (TPSA) is 54.0 Å². The van der Waals surface area contributed by atoms with Gasteiger partial charge in [0.1, 0.15) is 0 Å². The average molecular weight is 322 g/mol. The average Bonchev–Trinajstić information content (AvgIpc) is 2.48. The van der Waals surface area contributed by atoms with Gasteiger partial charge >= 0.3 is 7.60 Å². The zero-order valence-corrected chi connectivity index (χ0v) is 14.6. The van der Waals surface area contributed by atoms with Crippen molar-refractivity contribution >= 4 is 7.60 Å². The molecule has 1 aliphatic rings. The Kier molecular flexibility index (Phi) is 9.78. The Morgan fingerprint density at radius 3 is 2.48 bits per heavy atom. The van der Waals surface area contributed by atoms with Crippen LogP contribution in [0.4, 0.5) is 0 Å². The molecular weight excluding hydrogens is 291 g/mol. The van der Waals surface area contributed by atoms with E-state index < -0.39 is 7.60 Å². The molecule has 0 aliphatic carbocycles. The third-order valence-corrected chi connectivity index (χ3v) is 6.19. The fourth-order valence-corrected chi connectivity index (χ4v) is 4.21. The van der Waals surface area contributed by atoms with Gasteiger partial charge in [-0.05, 0) is 46.0 Å². The second-order valence-corrected chi connectivity index (χ2v) is 7.86. The van der Waals surface area contributed by atoms with Gasteiger partial charge in [0.2, 0.25) is 0 Å². The van der Waals surface area contributed by atoms with Crippen molar-refractivity contribution in [2.45, 2.75) is 71.2 Å². The van der Waals surface area contributed by atoms with E-state index in [2.05, 4.69) is 0 Å². The summed E-state index contributed by atoms with van der Waals surface area (Å²) in [6.07, 6.45) is 6.04. The zero-order valence-electron chi connectivity index (χ0n) is 13.7. The molecule has 6 heteroatoms. The fraction of sp³-hybridized carbons (Fsp3) is 1.00. The van der Waals surface area contributed by atoms with E-state index in [9.17, 15) is 4.57 Å². The molecule has 1 heterocycles. The molecule has 0 saturated carbocycles. The van der Waals surface area contributed by atoms with Crippen LogP contribution in [0, 0.1) is 0 Å². The van der Waals surface area contributed by atoms with Crippen molar-refractivity contribution in [2.75, 3.05) is 26.4 Å². The Labute approximate surface area is 129 Å². The smallest absolute Gasteiger partial charge is 0.333 e. The van der Waals surface area contributed by atoms with Crippen LogP contribution in [-0.2, 0) is 23.1 Å². The van der Waals surface area contributed by atoms with Gasteiger partial charge in [-0.3, -0.25) is 4.57 Å². The third kappa shape index (κ3) is 7.25. The lowest BCUT2D eigenvalue weighted by atomic mass is 10.2. The summed E-state index contributed by atoms with van der Waals surface area (Å²) in [6.45, 7) is 7.98. The largest absolute Gasteiger partial charge is 0.353 e. The standard InChI is InChI=1S/C15H31O5P/c1-4-19-21(16,20-5-2)14(3)10-6-8-12-17-15-11-7-9-13-18-15/h14-15H,4-13H2,1-3H3. The van der Waals surface area contributed by atoms with Gasteiger partial charge < -0.3 is 18.5 Å². The summed E-state index contributed by atoms with van der Waals surface area (Å²) in [5.74, 6) is 0. The van der Waals surface area contributed by atoms with Crippen molar-refractivity contribution in [1.29, 1.82) is 0 Å². The van der Waals surface area contributed by atoms with Crippen LogP contribution in [-0.4, -0.2) is 38.4 Å². The Balaban J connectivity index is 2.16. The van der Waals surface area contributed by atoms with Gasteiger partial charge in [0.05, 0.1) is 18.9 Å². The molecule has 5 nitrogen and oxygen atoms in total. The molecule has 2 atom stereocenters. The summed E-state index contributed by atoms with van der Waals surface area (Å²) < 4.78 is 34.5. The van der Waals surface area contributed by atoms with Crippen molar-refractivity contribution in [3.63, 3.8) is 0 Å². The van der Waals surface area contributed by atoms with Crippen LogP contribution in [0.15, 0.2) is 0 Å². The second-order valence-electron chi connectivity index (χ2n) is 5.39. The Morgan fingerprint density at radius 1 is 1.19 bits per heavy atom. The maximum atomic E-state index is 12.5. The number of ether oxygens (including phenoxy) is 2. The summed E-state index contributed by atoms with van der Waals surface area (Å²) in [6, 6.07) is 0. The van der Waals surface area contributed by atoms with E-state index in [-0.39, 0.29) is 11.9 Å². The maximum Gasteiger partial charge on any atom is 0.333 e. The molecule has 0 spiro atoms. The van der Waals surface area contributed by atoms with E-state index in [1.165, 1.54) is 6.42 Å². The number of rotatable bonds is 11. The minimum absolute atomic E-state index is 0.0193. The molecule has 0 N–H and O–H groups in total. The van der Waals surface area contributed by atoms with Gasteiger partial charge in [0.15, 0.2) is 6.29 Å². The molecule has 0 bridgehead atoms. The van der Waals surface area contributed by atoms with Gasteiger partial charge in [-0.1, -0.05) is 13.3 Å². The Morgan fingerprint density at radius 2 is 1.90 bits per heavy atom. The molecule has 0 aromatic carbocycles. The molecule has 2 unspecified atom stereocenters. The second kappa shape index (κ2) is 10.7. The molecule has 1 fully saturated rings. The van der Waals surface area contributed by atoms with E-state index >= 15 is 0 Å². The molecular formula is C15H31O5P. The molecule has 0 radical (unpaired) electrons. The number of hydrogen-bond donors (Lipinski definition) is 0. The summed E-state index contributed by atoms with van der Waals surface area (Å²) in [5, 5.41) is 0. The van der Waals surface area contributed by atoms with Crippen LogP contribution in [0.3, 0.4) is 0 Å². The first-order chi connectivity index (χ1) is 10.1. The van der Waals surface area contributed by atoms with Crippen LogP contribution >= 0.6 is 7.60 Å². The highest BCUT2D eigenvalue weighted by molar-refractivity contribution is 7.54. The normalized spacial score (nSPS) is 21.4. The summed E-state index contributed by atoms with van der Waals surface area (Å²) >= 11 is 0. The van der Waals surface area contributed by atoms with Gasteiger partial charge in [0, 0.05) is 13.2 Å². The first kappa shape index (κ1) is 19.1. The minimum atomic E-state index is -2.95. The Bertz CT molecular complexity index is 294. The molecule has 126 valence electrons. The quantitative estimate of drug-likeness (QED) is 0.418. The van der Waals surface area contributed by atoms with Crippen LogP contribution in [0.25, 0.3) is 0 Å². The van der Waals surface area contributed by atoms with Gasteiger partial charge in [-0.25, -0.2) is 0 Å². The predicted molar refractivity (Wildman–Crippen MR) is 83.7 cm³/mol. The molecule has 0 aromatic heterocycles. The van der Waals surface area contributed by atoms with Crippen molar-refractivity contribution in [3.05, 3.63) is 0 Å². The lowest BCUT2D eigenvalue weighted by molar-refractivity contribution is -0.162. The number of hydrogen-bond acceptors (Lipinski definition) is 5. The maximum absolute atomic E-state index is 12.5. The molecule has 1 aliphatic heterocycles. The van der Waals surface area contributed by atoms with E-state index in [1.807, 2.05) is 20.8 Å². The van der Waals surface area contributed by atoms with Crippen LogP contribution in [0.5, 0.6) is 0 Å². The Hall–Kier alpha value is 0.0700. The van der Waals surface area contributed by atoms with E-state index in [1.54, 1.807) is 0 Å². The third-order valence-electron chi connectivity index (χ3n) is 3.62. The van der Waals surface area contributed by atoms with Gasteiger partial charge in [-0.15, -0.1) is 0 Å². The fourth-order valence-electron chi connectivity index (χ4n) is 2.41. The van der Waals surface area contributed by atoms with Gasteiger partial charge in [-0.2, -0.15) is 0 Å². The molecule has 1 rings (SSSR count). The van der Waals surface area contributed by atoms with Gasteiger partial charge in [0.25, 0.3) is 0 Å². The van der Waals surface area contributed by atoms with Crippen LogP contribution < -0.4 is 0 Å². The molecule has 0 amide bonds. The van der Waals surface area contributed by atoms with Crippen molar-refractivity contribution in [1.82, 2.24) is 0 Å². The van der Waals surface area contributed by atoms with Crippen molar-refractivity contribution < 1.29 is 23.1 Å². The highest BCUT2D eigenvalue weighted by atomic mass is 31.2. The van der Waals surface area contributed by atoms with E-state index in [0.717, 1.165) is 38.7 Å². The first-order valence-corrected chi connectivity index (χ1v) is 9.85. The van der Waals surface area contributed by atoms with Crippen molar-refractivity contribution in [3.8, 4) is 0 Å². The highest BCUT2D eigenvalue weighted by Gasteiger charge is 2.31.